The van der Waals surface area contributed by atoms with Crippen molar-refractivity contribution in [1.82, 2.24) is 0 Å². The van der Waals surface area contributed by atoms with Gasteiger partial charge in [-0.2, -0.15) is 0 Å². The molecule has 1 unspecified atom stereocenters. The number of carbonyl (C=O) groups excluding carboxylic acids is 1. The van der Waals surface area contributed by atoms with Gasteiger partial charge in [0.25, 0.3) is 0 Å². The van der Waals surface area contributed by atoms with Crippen molar-refractivity contribution < 1.29 is 15.0 Å². The number of hydrogen-bond acceptors (Lipinski definition) is 3. The number of aldehydes is 1. The first-order valence-corrected chi connectivity index (χ1v) is 11.0. The second kappa shape index (κ2) is 6.30. The van der Waals surface area contributed by atoms with E-state index < -0.39 is 5.41 Å². The molecule has 4 aliphatic rings. The Bertz CT molecular complexity index is 562. The first-order valence-electron chi connectivity index (χ1n) is 11.0. The fraction of sp³-hybridized carbons (Fsp3) is 0.957. The summed E-state index contributed by atoms with van der Waals surface area (Å²) >= 11 is 0. The van der Waals surface area contributed by atoms with E-state index in [1.54, 1.807) is 0 Å². The van der Waals surface area contributed by atoms with Crippen LogP contribution in [0.3, 0.4) is 0 Å². The highest BCUT2D eigenvalue weighted by atomic mass is 16.3. The summed E-state index contributed by atoms with van der Waals surface area (Å²) in [5.41, 5.74) is 0.0375. The summed E-state index contributed by atoms with van der Waals surface area (Å²) in [6, 6.07) is 0. The predicted molar refractivity (Wildman–Crippen MR) is 102 cm³/mol. The molecule has 4 aliphatic carbocycles. The zero-order chi connectivity index (χ0) is 18.7. The molecule has 2 N–H and O–H groups in total. The van der Waals surface area contributed by atoms with Crippen LogP contribution in [0.4, 0.5) is 0 Å². The van der Waals surface area contributed by atoms with E-state index in [1.807, 2.05) is 6.92 Å². The first-order chi connectivity index (χ1) is 12.3. The molecule has 4 saturated carbocycles. The Hall–Kier alpha value is -0.410. The van der Waals surface area contributed by atoms with E-state index in [0.29, 0.717) is 23.2 Å². The van der Waals surface area contributed by atoms with Gasteiger partial charge >= 0.3 is 0 Å². The molecule has 0 saturated heterocycles. The van der Waals surface area contributed by atoms with Crippen LogP contribution in [0, 0.1) is 45.8 Å². The highest BCUT2D eigenvalue weighted by molar-refractivity contribution is 5.60. The average Bonchev–Trinajstić information content (AvgIpc) is 2.99. The van der Waals surface area contributed by atoms with Crippen LogP contribution >= 0.6 is 0 Å². The van der Waals surface area contributed by atoms with Crippen LogP contribution in [0.15, 0.2) is 0 Å². The predicted octanol–water partition coefficient (Wildman–Crippen LogP) is 4.20. The summed E-state index contributed by atoms with van der Waals surface area (Å²) in [5.74, 6) is 3.31. The molecule has 0 bridgehead atoms. The van der Waals surface area contributed by atoms with Gasteiger partial charge in [-0.3, -0.25) is 0 Å². The molecule has 4 fully saturated rings. The largest absolute Gasteiger partial charge is 0.395 e. The van der Waals surface area contributed by atoms with Crippen LogP contribution < -0.4 is 0 Å². The van der Waals surface area contributed by atoms with E-state index in [0.717, 1.165) is 37.4 Å². The second-order valence-corrected chi connectivity index (χ2v) is 11.0. The Labute approximate surface area is 158 Å². The molecule has 0 aromatic heterocycles. The van der Waals surface area contributed by atoms with Crippen molar-refractivity contribution in [3.8, 4) is 0 Å². The third kappa shape index (κ3) is 2.49. The van der Waals surface area contributed by atoms with Gasteiger partial charge in [-0.25, -0.2) is 0 Å². The highest BCUT2D eigenvalue weighted by Crippen LogP contribution is 2.69. The lowest BCUT2D eigenvalue weighted by atomic mass is 9.44. The zero-order valence-electron chi connectivity index (χ0n) is 16.9. The van der Waals surface area contributed by atoms with Crippen molar-refractivity contribution in [2.75, 3.05) is 6.61 Å². The minimum atomic E-state index is -0.577. The normalized spacial score (nSPS) is 53.1. The van der Waals surface area contributed by atoms with Crippen LogP contribution in [-0.4, -0.2) is 29.2 Å². The molecule has 4 rings (SSSR count). The van der Waals surface area contributed by atoms with Crippen molar-refractivity contribution in [1.29, 1.82) is 0 Å². The third-order valence-electron chi connectivity index (χ3n) is 10.0. The smallest absolute Gasteiger partial charge is 0.128 e. The van der Waals surface area contributed by atoms with E-state index >= 15 is 0 Å². The average molecular weight is 363 g/mol. The monoisotopic (exact) mass is 362 g/mol. The maximum atomic E-state index is 11.8. The summed E-state index contributed by atoms with van der Waals surface area (Å²) in [5, 5.41) is 20.1. The number of fused-ring (bicyclic) bond motifs is 5. The van der Waals surface area contributed by atoms with Crippen molar-refractivity contribution >= 4 is 6.29 Å². The minimum absolute atomic E-state index is 0.0186. The summed E-state index contributed by atoms with van der Waals surface area (Å²) < 4.78 is 0. The summed E-state index contributed by atoms with van der Waals surface area (Å²) in [6.07, 6.45) is 11.5. The molecular formula is C23H38O3. The molecule has 0 heterocycles. The van der Waals surface area contributed by atoms with E-state index in [2.05, 4.69) is 13.8 Å². The van der Waals surface area contributed by atoms with Crippen LogP contribution in [0.2, 0.25) is 0 Å². The standard InChI is InChI=1S/C23H38O3/c1-21(13-24,14-25)20-7-6-18-17-5-4-15-12-16(26)8-10-22(15,2)19(17)9-11-23(18,20)3/h13,15-20,25-26H,4-12,14H2,1-3H3/t15-,16+,17-,18-,19-,20+,21?,22-,23-/m0/s1. The molecule has 0 radical (unpaired) electrons. The zero-order valence-corrected chi connectivity index (χ0v) is 16.9. The molecule has 9 atom stereocenters. The molecule has 0 amide bonds. The van der Waals surface area contributed by atoms with Crippen molar-refractivity contribution in [2.24, 2.45) is 45.8 Å². The topological polar surface area (TPSA) is 57.5 Å². The SMILES string of the molecule is CC(C=O)(CO)[C@H]1CC[C@H]2[C@@H]3CC[C@H]4C[C@H](O)CC[C@]4(C)[C@H]3CC[C@]12C. The maximum absolute atomic E-state index is 11.8. The number of carbonyl (C=O) groups is 1. The number of hydrogen-bond donors (Lipinski definition) is 2. The lowest BCUT2D eigenvalue weighted by molar-refractivity contribution is -0.142. The van der Waals surface area contributed by atoms with Gasteiger partial charge in [0.15, 0.2) is 0 Å². The third-order valence-corrected chi connectivity index (χ3v) is 10.0. The Balaban J connectivity index is 1.61. The second-order valence-electron chi connectivity index (χ2n) is 11.0. The van der Waals surface area contributed by atoms with E-state index in [4.69, 9.17) is 0 Å². The summed E-state index contributed by atoms with van der Waals surface area (Å²) in [7, 11) is 0. The van der Waals surface area contributed by atoms with Gasteiger partial charge in [-0.15, -0.1) is 0 Å². The molecule has 0 aromatic rings. The van der Waals surface area contributed by atoms with Gasteiger partial charge in [-0.1, -0.05) is 20.8 Å². The molecule has 3 heteroatoms. The molecule has 0 aliphatic heterocycles. The van der Waals surface area contributed by atoms with E-state index in [1.165, 1.54) is 38.5 Å². The Morgan fingerprint density at radius 3 is 2.38 bits per heavy atom. The Morgan fingerprint density at radius 2 is 1.69 bits per heavy atom. The van der Waals surface area contributed by atoms with Gasteiger partial charge in [0.05, 0.1) is 12.7 Å². The summed E-state index contributed by atoms with van der Waals surface area (Å²) in [6.45, 7) is 6.92. The van der Waals surface area contributed by atoms with Gasteiger partial charge < -0.3 is 15.0 Å². The van der Waals surface area contributed by atoms with E-state index in [9.17, 15) is 15.0 Å². The van der Waals surface area contributed by atoms with Gasteiger partial charge in [0.2, 0.25) is 0 Å². The number of rotatable bonds is 3. The van der Waals surface area contributed by atoms with Crippen LogP contribution in [0.1, 0.15) is 78.6 Å². The molecular weight excluding hydrogens is 324 g/mol. The Kier molecular flexibility index (Phi) is 4.59. The van der Waals surface area contributed by atoms with Crippen LogP contribution in [0.25, 0.3) is 0 Å². The maximum Gasteiger partial charge on any atom is 0.128 e. The van der Waals surface area contributed by atoms with Gasteiger partial charge in [0.1, 0.15) is 6.29 Å². The first kappa shape index (κ1) is 18.9. The highest BCUT2D eigenvalue weighted by Gasteiger charge is 2.62. The van der Waals surface area contributed by atoms with Crippen molar-refractivity contribution in [2.45, 2.75) is 84.7 Å². The van der Waals surface area contributed by atoms with E-state index in [-0.39, 0.29) is 18.1 Å². The quantitative estimate of drug-likeness (QED) is 0.740. The minimum Gasteiger partial charge on any atom is -0.395 e. The lowest BCUT2D eigenvalue weighted by Gasteiger charge is -2.61. The summed E-state index contributed by atoms with van der Waals surface area (Å²) in [4.78, 5) is 11.8. The van der Waals surface area contributed by atoms with Gasteiger partial charge in [0, 0.05) is 5.41 Å². The molecule has 26 heavy (non-hydrogen) atoms. The van der Waals surface area contributed by atoms with Crippen molar-refractivity contribution in [3.63, 3.8) is 0 Å². The van der Waals surface area contributed by atoms with Crippen LogP contribution in [-0.2, 0) is 4.79 Å². The molecule has 148 valence electrons. The fourth-order valence-electron chi connectivity index (χ4n) is 8.55. The molecule has 0 aromatic carbocycles. The Morgan fingerprint density at radius 1 is 1.00 bits per heavy atom. The molecule has 0 spiro atoms. The van der Waals surface area contributed by atoms with Crippen LogP contribution in [0.5, 0.6) is 0 Å². The van der Waals surface area contributed by atoms with Crippen molar-refractivity contribution in [3.05, 3.63) is 0 Å². The number of aliphatic hydroxyl groups excluding tert-OH is 2. The van der Waals surface area contributed by atoms with Gasteiger partial charge in [-0.05, 0) is 98.2 Å². The molecule has 3 nitrogen and oxygen atoms in total. The fourth-order valence-corrected chi connectivity index (χ4v) is 8.55. The number of aliphatic hydroxyl groups is 2. The lowest BCUT2D eigenvalue weighted by Crippen LogP contribution is -2.55.